The molecule has 14 nitrogen and oxygen atoms in total. The Bertz CT molecular complexity index is 1580. The Morgan fingerprint density at radius 1 is 1.19 bits per heavy atom. The molecule has 3 N–H and O–H groups in total. The molecular formula is C33H45N5O9S. The number of furan rings is 1. The van der Waals surface area contributed by atoms with Gasteiger partial charge in [0.2, 0.25) is 21.8 Å². The fourth-order valence-corrected chi connectivity index (χ4v) is 6.85. The van der Waals surface area contributed by atoms with E-state index in [0.29, 0.717) is 30.7 Å². The SMILES string of the molecule is C=CC(C)C(NC(=O)[C@@H]1CC(CCOc2ccnc(-c3ccoc3)c2)CN1C(=O)[C@@H](NC(=O)OC)C(C)(C)C)C(=O)NS(=O)(=O)C1CC1. The lowest BCUT2D eigenvalue weighted by molar-refractivity contribution is -0.142. The zero-order chi connectivity index (χ0) is 35.2. The Labute approximate surface area is 281 Å². The number of likely N-dealkylation sites (tertiary alicyclic amines) is 1. The van der Waals surface area contributed by atoms with Crippen LogP contribution in [0.4, 0.5) is 4.79 Å². The molecule has 1 saturated heterocycles. The van der Waals surface area contributed by atoms with E-state index in [2.05, 4.69) is 26.9 Å². The van der Waals surface area contributed by atoms with Gasteiger partial charge in [0.1, 0.15) is 23.9 Å². The van der Waals surface area contributed by atoms with Crippen LogP contribution in [0.2, 0.25) is 0 Å². The van der Waals surface area contributed by atoms with Crippen LogP contribution in [0.5, 0.6) is 5.75 Å². The lowest BCUT2D eigenvalue weighted by atomic mass is 9.85. The monoisotopic (exact) mass is 687 g/mol. The molecule has 1 saturated carbocycles. The number of sulfonamides is 1. The summed E-state index contributed by atoms with van der Waals surface area (Å²) in [6, 6.07) is 1.98. The van der Waals surface area contributed by atoms with E-state index >= 15 is 0 Å². The number of hydrogen-bond donors (Lipinski definition) is 3. The Morgan fingerprint density at radius 3 is 2.52 bits per heavy atom. The van der Waals surface area contributed by atoms with Crippen LogP contribution in [0.15, 0.2) is 54.0 Å². The van der Waals surface area contributed by atoms with Crippen molar-refractivity contribution in [3.05, 3.63) is 49.6 Å². The van der Waals surface area contributed by atoms with Crippen LogP contribution in [0.1, 0.15) is 53.4 Å². The van der Waals surface area contributed by atoms with Gasteiger partial charge in [0, 0.05) is 30.3 Å². The maximum absolute atomic E-state index is 14.1. The molecule has 3 heterocycles. The highest BCUT2D eigenvalue weighted by Gasteiger charge is 2.46. The van der Waals surface area contributed by atoms with Crippen molar-refractivity contribution in [3.63, 3.8) is 0 Å². The lowest BCUT2D eigenvalue weighted by Gasteiger charge is -2.35. The highest BCUT2D eigenvalue weighted by molar-refractivity contribution is 7.90. The number of pyridine rings is 1. The predicted octanol–water partition coefficient (Wildman–Crippen LogP) is 3.01. The van der Waals surface area contributed by atoms with Crippen molar-refractivity contribution >= 4 is 33.8 Å². The molecule has 4 rings (SSSR count). The highest BCUT2D eigenvalue weighted by Crippen LogP contribution is 2.31. The first-order valence-corrected chi connectivity index (χ1v) is 17.4. The van der Waals surface area contributed by atoms with Gasteiger partial charge in [-0.15, -0.1) is 6.58 Å². The van der Waals surface area contributed by atoms with E-state index in [-0.39, 0.29) is 25.5 Å². The summed E-state index contributed by atoms with van der Waals surface area (Å²) >= 11 is 0. The summed E-state index contributed by atoms with van der Waals surface area (Å²) in [4.78, 5) is 59.1. The van der Waals surface area contributed by atoms with Crippen molar-refractivity contribution in [2.24, 2.45) is 17.3 Å². The second kappa shape index (κ2) is 15.2. The van der Waals surface area contributed by atoms with Gasteiger partial charge in [0.05, 0.1) is 37.2 Å². The maximum atomic E-state index is 14.1. The standard InChI is InChI=1S/C33H45N5O9S/c1-7-20(2)27(30(40)37-48(43,44)24-8-9-24)35-29(39)26-16-21(18-38(26)31(41)28(33(3,4)5)36-32(42)45-6)11-15-47-23-10-13-34-25(17-23)22-12-14-46-19-22/h7,10,12-14,17,19-21,24,26-28H,1,8-9,11,15-16,18H2,2-6H3,(H,35,39)(H,36,42)(H,37,40)/t20?,21?,26-,27?,28+/m0/s1. The van der Waals surface area contributed by atoms with E-state index in [4.69, 9.17) is 13.9 Å². The summed E-state index contributed by atoms with van der Waals surface area (Å²) < 4.78 is 43.1. The normalized spacial score (nSPS) is 19.8. The molecule has 48 heavy (non-hydrogen) atoms. The molecule has 2 fully saturated rings. The molecule has 262 valence electrons. The summed E-state index contributed by atoms with van der Waals surface area (Å²) in [5.41, 5.74) is 0.730. The summed E-state index contributed by atoms with van der Waals surface area (Å²) in [7, 11) is -2.68. The fraction of sp³-hybridized carbons (Fsp3) is 0.545. The third-order valence-corrected chi connectivity index (χ3v) is 10.4. The minimum atomic E-state index is -3.88. The molecule has 0 radical (unpaired) electrons. The molecule has 1 aliphatic heterocycles. The molecule has 5 atom stereocenters. The predicted molar refractivity (Wildman–Crippen MR) is 176 cm³/mol. The molecule has 2 aromatic heterocycles. The number of carbonyl (C=O) groups excluding carboxylic acids is 4. The van der Waals surface area contributed by atoms with Gasteiger partial charge < -0.3 is 29.4 Å². The second-order valence-corrected chi connectivity index (χ2v) is 15.3. The van der Waals surface area contributed by atoms with E-state index in [1.807, 2.05) is 0 Å². The van der Waals surface area contributed by atoms with Crippen molar-refractivity contribution in [2.75, 3.05) is 20.3 Å². The summed E-state index contributed by atoms with van der Waals surface area (Å²) in [5.74, 6) is -2.23. The first-order chi connectivity index (χ1) is 22.6. The molecule has 2 aromatic rings. The third kappa shape index (κ3) is 9.14. The number of aromatic nitrogens is 1. The van der Waals surface area contributed by atoms with E-state index in [9.17, 15) is 27.6 Å². The number of carbonyl (C=O) groups is 4. The number of nitrogens with zero attached hydrogens (tertiary/aromatic N) is 2. The molecule has 0 spiro atoms. The number of ether oxygens (including phenoxy) is 2. The average Bonchev–Trinajstić information content (AvgIpc) is 3.61. The third-order valence-electron chi connectivity index (χ3n) is 8.56. The van der Waals surface area contributed by atoms with Gasteiger partial charge in [-0.25, -0.2) is 13.2 Å². The van der Waals surface area contributed by atoms with Crippen molar-refractivity contribution in [1.29, 1.82) is 0 Å². The Kier molecular flexibility index (Phi) is 11.6. The van der Waals surface area contributed by atoms with Crippen LogP contribution in [0, 0.1) is 17.3 Å². The Balaban J connectivity index is 1.52. The minimum absolute atomic E-state index is 0.177. The number of amides is 4. The number of methoxy groups -OCH3 is 1. The number of rotatable bonds is 14. The zero-order valence-electron chi connectivity index (χ0n) is 27.9. The van der Waals surface area contributed by atoms with E-state index in [0.717, 1.165) is 5.56 Å². The van der Waals surface area contributed by atoms with Crippen LogP contribution < -0.4 is 20.1 Å². The molecule has 0 bridgehead atoms. The summed E-state index contributed by atoms with van der Waals surface area (Å²) in [6.07, 6.45) is 7.05. The summed E-state index contributed by atoms with van der Waals surface area (Å²) in [5, 5.41) is 4.66. The number of alkyl carbamates (subject to hydrolysis) is 1. The molecule has 1 aliphatic carbocycles. The van der Waals surface area contributed by atoms with Gasteiger partial charge in [-0.3, -0.25) is 24.1 Å². The minimum Gasteiger partial charge on any atom is -0.493 e. The van der Waals surface area contributed by atoms with Gasteiger partial charge in [0.25, 0.3) is 5.91 Å². The Morgan fingerprint density at radius 2 is 1.92 bits per heavy atom. The first-order valence-electron chi connectivity index (χ1n) is 15.9. The van der Waals surface area contributed by atoms with Crippen molar-refractivity contribution < 1.29 is 41.5 Å². The zero-order valence-corrected chi connectivity index (χ0v) is 28.7. The van der Waals surface area contributed by atoms with Crippen LogP contribution >= 0.6 is 0 Å². The van der Waals surface area contributed by atoms with Crippen LogP contribution in [-0.4, -0.2) is 85.8 Å². The lowest BCUT2D eigenvalue weighted by Crippen LogP contribution is -2.59. The molecule has 0 aromatic carbocycles. The van der Waals surface area contributed by atoms with E-state index in [1.54, 1.807) is 64.6 Å². The summed E-state index contributed by atoms with van der Waals surface area (Å²) in [6.45, 7) is 11.1. The molecule has 3 unspecified atom stereocenters. The van der Waals surface area contributed by atoms with Crippen LogP contribution in [-0.2, 0) is 29.1 Å². The van der Waals surface area contributed by atoms with Crippen LogP contribution in [0.3, 0.4) is 0 Å². The largest absolute Gasteiger partial charge is 0.493 e. The number of hydrogen-bond acceptors (Lipinski definition) is 10. The first kappa shape index (κ1) is 36.4. The molecule has 2 aliphatic rings. The average molecular weight is 688 g/mol. The van der Waals surface area contributed by atoms with Gasteiger partial charge in [-0.05, 0) is 49.1 Å². The quantitative estimate of drug-likeness (QED) is 0.249. The van der Waals surface area contributed by atoms with E-state index in [1.165, 1.54) is 18.1 Å². The molecule has 4 amide bonds. The molecule has 15 heteroatoms. The molecular weight excluding hydrogens is 642 g/mol. The second-order valence-electron chi connectivity index (χ2n) is 13.4. The maximum Gasteiger partial charge on any atom is 0.407 e. The van der Waals surface area contributed by atoms with Gasteiger partial charge >= 0.3 is 6.09 Å². The van der Waals surface area contributed by atoms with Crippen LogP contribution in [0.25, 0.3) is 11.3 Å². The van der Waals surface area contributed by atoms with Gasteiger partial charge in [-0.2, -0.15) is 0 Å². The van der Waals surface area contributed by atoms with Crippen molar-refractivity contribution in [2.45, 2.75) is 76.8 Å². The van der Waals surface area contributed by atoms with Gasteiger partial charge in [0.15, 0.2) is 0 Å². The number of nitrogens with one attached hydrogen (secondary N) is 3. The Hall–Kier alpha value is -4.40. The fourth-order valence-electron chi connectivity index (χ4n) is 5.51. The smallest absolute Gasteiger partial charge is 0.407 e. The van der Waals surface area contributed by atoms with E-state index < -0.39 is 68.5 Å². The highest BCUT2D eigenvalue weighted by atomic mass is 32.2. The van der Waals surface area contributed by atoms with Crippen molar-refractivity contribution in [1.82, 2.24) is 25.2 Å². The van der Waals surface area contributed by atoms with Gasteiger partial charge in [-0.1, -0.05) is 33.8 Å². The topological polar surface area (TPSA) is 186 Å². The van der Waals surface area contributed by atoms with Crippen molar-refractivity contribution in [3.8, 4) is 17.0 Å².